The predicted octanol–water partition coefficient (Wildman–Crippen LogP) is 4.18. The Morgan fingerprint density at radius 3 is 2.23 bits per heavy atom. The average molecular weight is 423 g/mol. The molecule has 1 N–H and O–H groups in total. The Labute approximate surface area is 178 Å². The molecule has 3 aromatic rings. The molecule has 30 heavy (non-hydrogen) atoms. The molecule has 0 radical (unpaired) electrons. The smallest absolute Gasteiger partial charge is 0.264 e. The van der Waals surface area contributed by atoms with Crippen LogP contribution in [0.25, 0.3) is 0 Å². The molecule has 0 aliphatic rings. The van der Waals surface area contributed by atoms with E-state index in [1.54, 1.807) is 48.5 Å². The van der Waals surface area contributed by atoms with Crippen molar-refractivity contribution in [2.75, 3.05) is 17.9 Å². The lowest BCUT2D eigenvalue weighted by Gasteiger charge is -2.22. The van der Waals surface area contributed by atoms with Crippen molar-refractivity contribution in [1.29, 1.82) is 0 Å². The lowest BCUT2D eigenvalue weighted by Crippen LogP contribution is -2.31. The summed E-state index contributed by atoms with van der Waals surface area (Å²) in [6.07, 6.45) is 1.67. The van der Waals surface area contributed by atoms with E-state index in [0.29, 0.717) is 17.8 Å². The van der Waals surface area contributed by atoms with E-state index >= 15 is 0 Å². The van der Waals surface area contributed by atoms with Crippen LogP contribution in [-0.2, 0) is 16.4 Å². The van der Waals surface area contributed by atoms with Gasteiger partial charge in [-0.2, -0.15) is 0 Å². The van der Waals surface area contributed by atoms with E-state index in [9.17, 15) is 13.2 Å². The fraction of sp³-hybridized carbons (Fsp3) is 0.208. The van der Waals surface area contributed by atoms with Gasteiger partial charge in [0.25, 0.3) is 15.9 Å². The maximum Gasteiger partial charge on any atom is 0.264 e. The Hall–Kier alpha value is -3.12. The summed E-state index contributed by atoms with van der Waals surface area (Å²) >= 11 is 0. The number of hydrogen-bond acceptors (Lipinski definition) is 3. The van der Waals surface area contributed by atoms with E-state index in [1.165, 1.54) is 12.6 Å². The Bertz CT molecular complexity index is 1090. The van der Waals surface area contributed by atoms with Crippen LogP contribution >= 0.6 is 0 Å². The normalized spacial score (nSPS) is 11.1. The number of aryl methyl sites for hydroxylation is 2. The molecule has 0 aliphatic heterocycles. The van der Waals surface area contributed by atoms with E-state index in [1.807, 2.05) is 25.1 Å². The van der Waals surface area contributed by atoms with Gasteiger partial charge in [-0.05, 0) is 49.6 Å². The molecular formula is C24H26N2O3S. The van der Waals surface area contributed by atoms with Crippen molar-refractivity contribution in [3.8, 4) is 0 Å². The van der Waals surface area contributed by atoms with Gasteiger partial charge >= 0.3 is 0 Å². The van der Waals surface area contributed by atoms with Gasteiger partial charge in [-0.1, -0.05) is 60.2 Å². The molecule has 0 atom stereocenters. The van der Waals surface area contributed by atoms with Crippen LogP contribution in [-0.4, -0.2) is 27.9 Å². The highest BCUT2D eigenvalue weighted by Gasteiger charge is 2.24. The monoisotopic (exact) mass is 422 g/mol. The molecule has 0 bridgehead atoms. The summed E-state index contributed by atoms with van der Waals surface area (Å²) in [4.78, 5) is 12.9. The van der Waals surface area contributed by atoms with Crippen LogP contribution < -0.4 is 9.62 Å². The van der Waals surface area contributed by atoms with Crippen LogP contribution in [0, 0.1) is 6.92 Å². The SMILES string of the molecule is Cc1ccc(S(=O)(=O)N(C)c2ccccc2C(=O)NCCCc2ccccc2)cc1. The largest absolute Gasteiger partial charge is 0.352 e. The first kappa shape index (κ1) is 21.6. The molecule has 5 nitrogen and oxygen atoms in total. The predicted molar refractivity (Wildman–Crippen MR) is 120 cm³/mol. The first-order chi connectivity index (χ1) is 14.4. The Morgan fingerprint density at radius 2 is 1.53 bits per heavy atom. The van der Waals surface area contributed by atoms with Crippen LogP contribution in [0.1, 0.15) is 27.9 Å². The number of para-hydroxylation sites is 1. The summed E-state index contributed by atoms with van der Waals surface area (Å²) in [5.41, 5.74) is 2.87. The van der Waals surface area contributed by atoms with Gasteiger partial charge in [-0.3, -0.25) is 9.10 Å². The van der Waals surface area contributed by atoms with Gasteiger partial charge in [0.05, 0.1) is 16.1 Å². The highest BCUT2D eigenvalue weighted by Crippen LogP contribution is 2.25. The van der Waals surface area contributed by atoms with E-state index in [0.717, 1.165) is 22.7 Å². The van der Waals surface area contributed by atoms with Gasteiger partial charge in [0.15, 0.2) is 0 Å². The van der Waals surface area contributed by atoms with Crippen molar-refractivity contribution in [3.05, 3.63) is 95.6 Å². The summed E-state index contributed by atoms with van der Waals surface area (Å²) in [6.45, 7) is 2.41. The Balaban J connectivity index is 1.71. The fourth-order valence-electron chi connectivity index (χ4n) is 3.17. The van der Waals surface area contributed by atoms with Crippen molar-refractivity contribution in [2.24, 2.45) is 0 Å². The number of sulfonamides is 1. The summed E-state index contributed by atoms with van der Waals surface area (Å²) in [7, 11) is -2.30. The fourth-order valence-corrected chi connectivity index (χ4v) is 4.39. The molecule has 0 aliphatic carbocycles. The lowest BCUT2D eigenvalue weighted by molar-refractivity contribution is 0.0954. The standard InChI is InChI=1S/C24H26N2O3S/c1-19-14-16-21(17-15-19)30(28,29)26(2)23-13-7-6-12-22(23)24(27)25-18-8-11-20-9-4-3-5-10-20/h3-7,9-10,12-17H,8,11,18H2,1-2H3,(H,25,27). The number of carbonyl (C=O) groups excluding carboxylic acids is 1. The number of benzene rings is 3. The van der Waals surface area contributed by atoms with Crippen molar-refractivity contribution in [2.45, 2.75) is 24.7 Å². The first-order valence-electron chi connectivity index (χ1n) is 9.86. The third-order valence-corrected chi connectivity index (χ3v) is 6.72. The summed E-state index contributed by atoms with van der Waals surface area (Å²) in [5, 5.41) is 2.90. The highest BCUT2D eigenvalue weighted by molar-refractivity contribution is 7.92. The van der Waals surface area contributed by atoms with Crippen LogP contribution in [0.2, 0.25) is 0 Å². The molecule has 0 spiro atoms. The average Bonchev–Trinajstić information content (AvgIpc) is 2.77. The van der Waals surface area contributed by atoms with Gasteiger partial charge in [0.1, 0.15) is 0 Å². The maximum atomic E-state index is 13.0. The molecule has 0 aromatic heterocycles. The van der Waals surface area contributed by atoms with Crippen molar-refractivity contribution < 1.29 is 13.2 Å². The second-order valence-electron chi connectivity index (χ2n) is 7.15. The van der Waals surface area contributed by atoms with E-state index < -0.39 is 10.0 Å². The number of anilines is 1. The maximum absolute atomic E-state index is 13.0. The van der Waals surface area contributed by atoms with E-state index in [4.69, 9.17) is 0 Å². The Kier molecular flexibility index (Phi) is 6.90. The molecule has 0 unspecified atom stereocenters. The zero-order valence-electron chi connectivity index (χ0n) is 17.2. The third-order valence-electron chi connectivity index (χ3n) is 4.94. The van der Waals surface area contributed by atoms with Crippen LogP contribution in [0.4, 0.5) is 5.69 Å². The minimum atomic E-state index is -3.77. The quantitative estimate of drug-likeness (QED) is 0.554. The molecule has 0 saturated carbocycles. The van der Waals surface area contributed by atoms with Gasteiger partial charge in [0, 0.05) is 13.6 Å². The minimum Gasteiger partial charge on any atom is -0.352 e. The first-order valence-corrected chi connectivity index (χ1v) is 11.3. The van der Waals surface area contributed by atoms with Crippen molar-refractivity contribution in [3.63, 3.8) is 0 Å². The topological polar surface area (TPSA) is 66.5 Å². The number of carbonyl (C=O) groups is 1. The summed E-state index contributed by atoms with van der Waals surface area (Å²) in [6, 6.07) is 23.5. The number of nitrogens with one attached hydrogen (secondary N) is 1. The molecular weight excluding hydrogens is 396 g/mol. The number of nitrogens with zero attached hydrogens (tertiary/aromatic N) is 1. The molecule has 3 rings (SSSR count). The molecule has 0 saturated heterocycles. The number of amides is 1. The number of rotatable bonds is 8. The second-order valence-corrected chi connectivity index (χ2v) is 9.12. The van der Waals surface area contributed by atoms with Crippen LogP contribution in [0.15, 0.2) is 83.8 Å². The zero-order valence-corrected chi connectivity index (χ0v) is 18.0. The van der Waals surface area contributed by atoms with Crippen LogP contribution in [0.3, 0.4) is 0 Å². The van der Waals surface area contributed by atoms with Crippen molar-refractivity contribution in [1.82, 2.24) is 5.32 Å². The molecule has 156 valence electrons. The van der Waals surface area contributed by atoms with Crippen LogP contribution in [0.5, 0.6) is 0 Å². The molecule has 6 heteroatoms. The molecule has 0 heterocycles. The molecule has 1 amide bonds. The van der Waals surface area contributed by atoms with Gasteiger partial charge in [0.2, 0.25) is 0 Å². The van der Waals surface area contributed by atoms with Gasteiger partial charge in [-0.25, -0.2) is 8.42 Å². The lowest BCUT2D eigenvalue weighted by atomic mass is 10.1. The van der Waals surface area contributed by atoms with Crippen molar-refractivity contribution >= 4 is 21.6 Å². The number of hydrogen-bond donors (Lipinski definition) is 1. The van der Waals surface area contributed by atoms with Gasteiger partial charge in [-0.15, -0.1) is 0 Å². The van der Waals surface area contributed by atoms with E-state index in [2.05, 4.69) is 17.4 Å². The third kappa shape index (κ3) is 5.07. The summed E-state index contributed by atoms with van der Waals surface area (Å²) in [5.74, 6) is -0.287. The molecule has 3 aromatic carbocycles. The second kappa shape index (κ2) is 9.59. The minimum absolute atomic E-state index is 0.189. The molecule has 0 fully saturated rings. The Morgan fingerprint density at radius 1 is 0.900 bits per heavy atom. The zero-order chi connectivity index (χ0) is 21.6. The van der Waals surface area contributed by atoms with E-state index in [-0.39, 0.29) is 10.8 Å². The highest BCUT2D eigenvalue weighted by atomic mass is 32.2. The van der Waals surface area contributed by atoms with Gasteiger partial charge < -0.3 is 5.32 Å². The summed E-state index contributed by atoms with van der Waals surface area (Å²) < 4.78 is 27.2.